The summed E-state index contributed by atoms with van der Waals surface area (Å²) in [6, 6.07) is 6.64. The molecule has 0 radical (unpaired) electrons. The smallest absolute Gasteiger partial charge is 0.340 e. The van der Waals surface area contributed by atoms with Gasteiger partial charge in [0.05, 0.1) is 17.9 Å². The van der Waals surface area contributed by atoms with Crippen molar-refractivity contribution in [1.82, 2.24) is 5.32 Å². The number of ether oxygens (including phenoxy) is 1. The molecule has 0 aliphatic heterocycles. The van der Waals surface area contributed by atoms with Crippen LogP contribution in [0.25, 0.3) is 0 Å². The minimum absolute atomic E-state index is 0.248. The van der Waals surface area contributed by atoms with Gasteiger partial charge >= 0.3 is 5.97 Å². The van der Waals surface area contributed by atoms with Crippen molar-refractivity contribution in [3.05, 3.63) is 29.8 Å². The second-order valence-electron chi connectivity index (χ2n) is 6.41. The molecule has 0 aromatic heterocycles. The van der Waals surface area contributed by atoms with Crippen LogP contribution < -0.4 is 10.6 Å². The summed E-state index contributed by atoms with van der Waals surface area (Å²) in [5.74, 6) is -0.803. The van der Waals surface area contributed by atoms with Crippen molar-refractivity contribution in [2.45, 2.75) is 33.6 Å². The van der Waals surface area contributed by atoms with Crippen LogP contribution in [0.1, 0.15) is 44.0 Å². The average molecular weight is 332 g/mol. The summed E-state index contributed by atoms with van der Waals surface area (Å²) in [7, 11) is 0. The highest BCUT2D eigenvalue weighted by Gasteiger charge is 2.56. The van der Waals surface area contributed by atoms with Gasteiger partial charge in [0.2, 0.25) is 11.8 Å². The molecule has 1 aromatic carbocycles. The van der Waals surface area contributed by atoms with Crippen LogP contribution in [0.4, 0.5) is 5.69 Å². The minimum Gasteiger partial charge on any atom is -0.462 e. The molecule has 1 saturated carbocycles. The van der Waals surface area contributed by atoms with Crippen molar-refractivity contribution in [2.24, 2.45) is 11.3 Å². The van der Waals surface area contributed by atoms with E-state index in [0.29, 0.717) is 31.0 Å². The number of benzene rings is 1. The van der Waals surface area contributed by atoms with Crippen molar-refractivity contribution >= 4 is 23.5 Å². The number of carbonyl (C=O) groups is 3. The first-order valence-corrected chi connectivity index (χ1v) is 8.26. The van der Waals surface area contributed by atoms with E-state index in [1.54, 1.807) is 31.2 Å². The molecule has 0 atom stereocenters. The largest absolute Gasteiger partial charge is 0.462 e. The Hall–Kier alpha value is -2.37. The second kappa shape index (κ2) is 7.47. The van der Waals surface area contributed by atoms with Gasteiger partial charge in [0.15, 0.2) is 0 Å². The molecule has 6 nitrogen and oxygen atoms in total. The molecule has 1 aromatic rings. The SMILES string of the molecule is CCOC(=O)c1ccccc1NC(=O)C1(C(=O)NCC(C)C)CC1. The van der Waals surface area contributed by atoms with E-state index in [1.165, 1.54) is 0 Å². The van der Waals surface area contributed by atoms with Gasteiger partial charge in [-0.25, -0.2) is 4.79 Å². The first kappa shape index (κ1) is 18.0. The van der Waals surface area contributed by atoms with Gasteiger partial charge in [0, 0.05) is 6.54 Å². The maximum absolute atomic E-state index is 12.6. The fourth-order valence-corrected chi connectivity index (χ4v) is 2.37. The summed E-state index contributed by atoms with van der Waals surface area (Å²) < 4.78 is 4.99. The molecule has 130 valence electrons. The van der Waals surface area contributed by atoms with Crippen LogP contribution in [0.5, 0.6) is 0 Å². The topological polar surface area (TPSA) is 84.5 Å². The maximum Gasteiger partial charge on any atom is 0.340 e. The van der Waals surface area contributed by atoms with Gasteiger partial charge in [-0.1, -0.05) is 26.0 Å². The quantitative estimate of drug-likeness (QED) is 0.593. The Morgan fingerprint density at radius 1 is 1.17 bits per heavy atom. The second-order valence-corrected chi connectivity index (χ2v) is 6.41. The first-order valence-electron chi connectivity index (χ1n) is 8.26. The Kier molecular flexibility index (Phi) is 5.59. The predicted molar refractivity (Wildman–Crippen MR) is 90.5 cm³/mol. The van der Waals surface area contributed by atoms with E-state index < -0.39 is 11.4 Å². The minimum atomic E-state index is -1.02. The molecule has 0 unspecified atom stereocenters. The number of nitrogens with one attached hydrogen (secondary N) is 2. The number of hydrogen-bond donors (Lipinski definition) is 2. The van der Waals surface area contributed by atoms with Crippen LogP contribution in [0.15, 0.2) is 24.3 Å². The lowest BCUT2D eigenvalue weighted by molar-refractivity contribution is -0.134. The van der Waals surface area contributed by atoms with Crippen LogP contribution in [0.3, 0.4) is 0 Å². The molecular weight excluding hydrogens is 308 g/mol. The summed E-state index contributed by atoms with van der Waals surface area (Å²) in [5, 5.41) is 5.54. The number of anilines is 1. The molecule has 6 heteroatoms. The van der Waals surface area contributed by atoms with Crippen LogP contribution in [-0.4, -0.2) is 30.9 Å². The van der Waals surface area contributed by atoms with Crippen molar-refractivity contribution in [3.8, 4) is 0 Å². The van der Waals surface area contributed by atoms with E-state index in [9.17, 15) is 14.4 Å². The number of carbonyl (C=O) groups excluding carboxylic acids is 3. The third kappa shape index (κ3) is 3.93. The lowest BCUT2D eigenvalue weighted by Crippen LogP contribution is -2.41. The normalized spacial score (nSPS) is 14.8. The van der Waals surface area contributed by atoms with Crippen molar-refractivity contribution < 1.29 is 19.1 Å². The van der Waals surface area contributed by atoms with Gasteiger partial charge in [0.1, 0.15) is 5.41 Å². The summed E-state index contributed by atoms with van der Waals surface area (Å²) in [4.78, 5) is 36.9. The van der Waals surface area contributed by atoms with Crippen molar-refractivity contribution in [1.29, 1.82) is 0 Å². The monoisotopic (exact) mass is 332 g/mol. The zero-order valence-corrected chi connectivity index (χ0v) is 14.3. The van der Waals surface area contributed by atoms with Gasteiger partial charge in [-0.05, 0) is 37.8 Å². The molecule has 0 bridgehead atoms. The third-order valence-corrected chi connectivity index (χ3v) is 3.96. The fraction of sp³-hybridized carbons (Fsp3) is 0.500. The van der Waals surface area contributed by atoms with E-state index in [1.807, 2.05) is 13.8 Å². The van der Waals surface area contributed by atoms with Crippen LogP contribution in [0.2, 0.25) is 0 Å². The average Bonchev–Trinajstić information content (AvgIpc) is 3.35. The molecule has 1 aliphatic rings. The first-order chi connectivity index (χ1) is 11.4. The predicted octanol–water partition coefficient (Wildman–Crippen LogP) is 2.35. The lowest BCUT2D eigenvalue weighted by Gasteiger charge is -2.17. The van der Waals surface area contributed by atoms with Gasteiger partial charge in [-0.2, -0.15) is 0 Å². The summed E-state index contributed by atoms with van der Waals surface area (Å²) >= 11 is 0. The number of hydrogen-bond acceptors (Lipinski definition) is 4. The van der Waals surface area contributed by atoms with Gasteiger partial charge in [-0.15, -0.1) is 0 Å². The summed E-state index contributed by atoms with van der Waals surface area (Å²) in [6.45, 7) is 6.50. The van der Waals surface area contributed by atoms with Gasteiger partial charge in [0.25, 0.3) is 0 Å². The van der Waals surface area contributed by atoms with Crippen LogP contribution in [-0.2, 0) is 14.3 Å². The van der Waals surface area contributed by atoms with E-state index in [-0.39, 0.29) is 24.0 Å². The number of amides is 2. The van der Waals surface area contributed by atoms with E-state index in [0.717, 1.165) is 0 Å². The zero-order chi connectivity index (χ0) is 17.7. The number of rotatable bonds is 7. The molecule has 1 fully saturated rings. The third-order valence-electron chi connectivity index (χ3n) is 3.96. The van der Waals surface area contributed by atoms with Crippen LogP contribution >= 0.6 is 0 Å². The lowest BCUT2D eigenvalue weighted by atomic mass is 10.0. The molecule has 24 heavy (non-hydrogen) atoms. The molecule has 0 spiro atoms. The fourth-order valence-electron chi connectivity index (χ4n) is 2.37. The van der Waals surface area contributed by atoms with Crippen molar-refractivity contribution in [2.75, 3.05) is 18.5 Å². The van der Waals surface area contributed by atoms with Crippen molar-refractivity contribution in [3.63, 3.8) is 0 Å². The van der Waals surface area contributed by atoms with E-state index in [4.69, 9.17) is 4.74 Å². The molecule has 2 rings (SSSR count). The van der Waals surface area contributed by atoms with Gasteiger partial charge < -0.3 is 15.4 Å². The molecular formula is C18H24N2O4. The molecule has 2 N–H and O–H groups in total. The molecule has 2 amide bonds. The molecule has 0 heterocycles. The van der Waals surface area contributed by atoms with E-state index >= 15 is 0 Å². The highest BCUT2D eigenvalue weighted by molar-refractivity contribution is 6.14. The van der Waals surface area contributed by atoms with E-state index in [2.05, 4.69) is 10.6 Å². The highest BCUT2D eigenvalue weighted by atomic mass is 16.5. The van der Waals surface area contributed by atoms with Crippen LogP contribution in [0, 0.1) is 11.3 Å². The highest BCUT2D eigenvalue weighted by Crippen LogP contribution is 2.47. The summed E-state index contributed by atoms with van der Waals surface area (Å²) in [6.07, 6.45) is 1.04. The maximum atomic E-state index is 12.6. The molecule has 1 aliphatic carbocycles. The Labute approximate surface area is 142 Å². The number of esters is 1. The Bertz CT molecular complexity index is 636. The van der Waals surface area contributed by atoms with Gasteiger partial charge in [-0.3, -0.25) is 9.59 Å². The summed E-state index contributed by atoms with van der Waals surface area (Å²) in [5.41, 5.74) is -0.369. The number of para-hydroxylation sites is 1. The Balaban J connectivity index is 2.10. The molecule has 0 saturated heterocycles. The Morgan fingerprint density at radius 3 is 2.42 bits per heavy atom. The Morgan fingerprint density at radius 2 is 1.83 bits per heavy atom. The zero-order valence-electron chi connectivity index (χ0n) is 14.3. The standard InChI is InChI=1S/C18H24N2O4/c1-4-24-15(21)13-7-5-6-8-14(13)20-17(23)18(9-10-18)16(22)19-11-12(2)3/h5-8,12H,4,9-11H2,1-3H3,(H,19,22)(H,20,23).